The van der Waals surface area contributed by atoms with Crippen LogP contribution in [0.4, 0.5) is 0 Å². The van der Waals surface area contributed by atoms with Crippen LogP contribution in [0.1, 0.15) is 25.0 Å². The molecule has 2 rings (SSSR count). The molecule has 0 bridgehead atoms. The smallest absolute Gasteiger partial charge is 0.242 e. The Morgan fingerprint density at radius 3 is 2.46 bits per heavy atom. The van der Waals surface area contributed by atoms with E-state index in [1.807, 2.05) is 43.3 Å². The summed E-state index contributed by atoms with van der Waals surface area (Å²) in [6, 6.07) is 14.4. The molecule has 0 aromatic heterocycles. The zero-order chi connectivity index (χ0) is 19.1. The molecule has 0 radical (unpaired) electrons. The molecule has 0 aliphatic carbocycles. The highest BCUT2D eigenvalue weighted by Gasteiger charge is 2.25. The Kier molecular flexibility index (Phi) is 7.66. The van der Waals surface area contributed by atoms with Crippen LogP contribution < -0.4 is 5.32 Å². The van der Waals surface area contributed by atoms with Crippen molar-refractivity contribution in [2.24, 2.45) is 0 Å². The third-order valence-electron chi connectivity index (χ3n) is 4.03. The van der Waals surface area contributed by atoms with Gasteiger partial charge in [0.25, 0.3) is 0 Å². The molecule has 1 N–H and O–H groups in total. The molecule has 138 valence electrons. The Morgan fingerprint density at radius 2 is 1.85 bits per heavy atom. The molecule has 0 aliphatic rings. The lowest BCUT2D eigenvalue weighted by Crippen LogP contribution is -2.48. The Bertz CT molecular complexity index is 765. The van der Waals surface area contributed by atoms with Gasteiger partial charge >= 0.3 is 0 Å². The molecule has 0 aliphatic heterocycles. The van der Waals surface area contributed by atoms with Gasteiger partial charge in [0.05, 0.1) is 6.42 Å². The van der Waals surface area contributed by atoms with Gasteiger partial charge in [-0.1, -0.05) is 51.8 Å². The molecule has 0 saturated heterocycles. The van der Waals surface area contributed by atoms with Crippen molar-refractivity contribution < 1.29 is 9.59 Å². The van der Waals surface area contributed by atoms with Crippen molar-refractivity contribution in [2.75, 3.05) is 6.54 Å². The Balaban J connectivity index is 2.21. The summed E-state index contributed by atoms with van der Waals surface area (Å²) in [5, 5.41) is 3.38. The van der Waals surface area contributed by atoms with Gasteiger partial charge in [-0.05, 0) is 49.2 Å². The standard InChI is InChI=1S/C20H22BrClN2O2/c1-3-23-20(26)14(2)24(13-15-7-9-17(21)10-8-15)19(25)12-16-5-4-6-18(22)11-16/h4-11,14H,3,12-13H2,1-2H3,(H,23,26). The molecule has 2 aromatic carbocycles. The van der Waals surface area contributed by atoms with E-state index in [1.165, 1.54) is 0 Å². The summed E-state index contributed by atoms with van der Waals surface area (Å²) in [4.78, 5) is 26.9. The third kappa shape index (κ3) is 5.85. The molecule has 0 heterocycles. The highest BCUT2D eigenvalue weighted by molar-refractivity contribution is 9.10. The fourth-order valence-electron chi connectivity index (χ4n) is 2.61. The van der Waals surface area contributed by atoms with Crippen molar-refractivity contribution in [3.05, 3.63) is 69.2 Å². The first-order valence-electron chi connectivity index (χ1n) is 8.46. The quantitative estimate of drug-likeness (QED) is 0.706. The zero-order valence-corrected chi connectivity index (χ0v) is 17.2. The molecule has 0 spiro atoms. The maximum absolute atomic E-state index is 12.9. The number of amides is 2. The van der Waals surface area contributed by atoms with Crippen molar-refractivity contribution in [1.29, 1.82) is 0 Å². The summed E-state index contributed by atoms with van der Waals surface area (Å²) in [5.74, 6) is -0.280. The lowest BCUT2D eigenvalue weighted by Gasteiger charge is -2.29. The van der Waals surface area contributed by atoms with Crippen LogP contribution in [-0.4, -0.2) is 29.3 Å². The number of benzene rings is 2. The van der Waals surface area contributed by atoms with Crippen LogP contribution in [0.3, 0.4) is 0 Å². The van der Waals surface area contributed by atoms with Gasteiger partial charge in [0.2, 0.25) is 11.8 Å². The number of nitrogens with one attached hydrogen (secondary N) is 1. The minimum Gasteiger partial charge on any atom is -0.355 e. The fourth-order valence-corrected chi connectivity index (χ4v) is 3.09. The number of halogens is 2. The molecule has 0 saturated carbocycles. The lowest BCUT2D eigenvalue weighted by molar-refractivity contribution is -0.140. The van der Waals surface area contributed by atoms with Gasteiger partial charge in [-0.15, -0.1) is 0 Å². The average molecular weight is 438 g/mol. The Labute approximate surface area is 167 Å². The summed E-state index contributed by atoms with van der Waals surface area (Å²) >= 11 is 9.42. The number of hydrogen-bond donors (Lipinski definition) is 1. The van der Waals surface area contributed by atoms with Crippen molar-refractivity contribution in [3.8, 4) is 0 Å². The summed E-state index contributed by atoms with van der Waals surface area (Å²) in [6.07, 6.45) is 0.195. The van der Waals surface area contributed by atoms with Crippen LogP contribution in [0, 0.1) is 0 Å². The van der Waals surface area contributed by atoms with Crippen LogP contribution in [0.5, 0.6) is 0 Å². The number of nitrogens with zero attached hydrogens (tertiary/aromatic N) is 1. The largest absolute Gasteiger partial charge is 0.355 e. The maximum Gasteiger partial charge on any atom is 0.242 e. The van der Waals surface area contributed by atoms with Crippen molar-refractivity contribution in [3.63, 3.8) is 0 Å². The van der Waals surface area contributed by atoms with E-state index in [1.54, 1.807) is 24.0 Å². The second kappa shape index (κ2) is 9.74. The van der Waals surface area contributed by atoms with Crippen LogP contribution in [0.25, 0.3) is 0 Å². The van der Waals surface area contributed by atoms with E-state index >= 15 is 0 Å². The van der Waals surface area contributed by atoms with E-state index < -0.39 is 6.04 Å². The zero-order valence-electron chi connectivity index (χ0n) is 14.8. The Morgan fingerprint density at radius 1 is 1.15 bits per heavy atom. The van der Waals surface area contributed by atoms with Crippen molar-refractivity contribution in [2.45, 2.75) is 32.9 Å². The van der Waals surface area contributed by atoms with E-state index in [0.717, 1.165) is 15.6 Å². The third-order valence-corrected chi connectivity index (χ3v) is 4.79. The first-order valence-corrected chi connectivity index (χ1v) is 9.64. The maximum atomic E-state index is 12.9. The van der Waals surface area contributed by atoms with Gasteiger partial charge in [0.1, 0.15) is 6.04 Å². The molecule has 2 aromatic rings. The molecule has 4 nitrogen and oxygen atoms in total. The molecule has 6 heteroatoms. The first-order chi connectivity index (χ1) is 12.4. The minimum absolute atomic E-state index is 0.117. The summed E-state index contributed by atoms with van der Waals surface area (Å²) in [7, 11) is 0. The summed E-state index contributed by atoms with van der Waals surface area (Å²) in [6.45, 7) is 4.50. The second-order valence-electron chi connectivity index (χ2n) is 6.03. The van der Waals surface area contributed by atoms with Gasteiger partial charge < -0.3 is 10.2 Å². The molecule has 1 atom stereocenters. The predicted octanol–water partition coefficient (Wildman–Crippen LogP) is 4.20. The normalized spacial score (nSPS) is 11.7. The average Bonchev–Trinajstić information content (AvgIpc) is 2.60. The molecular weight excluding hydrogens is 416 g/mol. The van der Waals surface area contributed by atoms with Gasteiger partial charge in [0, 0.05) is 22.6 Å². The van der Waals surface area contributed by atoms with E-state index in [-0.39, 0.29) is 18.2 Å². The van der Waals surface area contributed by atoms with Crippen molar-refractivity contribution >= 4 is 39.3 Å². The number of carbonyl (C=O) groups is 2. The Hall–Kier alpha value is -1.85. The fraction of sp³-hybridized carbons (Fsp3) is 0.300. The minimum atomic E-state index is -0.565. The van der Waals surface area contributed by atoms with Gasteiger partial charge in [0.15, 0.2) is 0 Å². The van der Waals surface area contributed by atoms with Crippen LogP contribution in [0.15, 0.2) is 53.0 Å². The van der Waals surface area contributed by atoms with Crippen LogP contribution in [0.2, 0.25) is 5.02 Å². The second-order valence-corrected chi connectivity index (χ2v) is 7.38. The summed E-state index contributed by atoms with van der Waals surface area (Å²) < 4.78 is 0.967. The molecule has 26 heavy (non-hydrogen) atoms. The highest BCUT2D eigenvalue weighted by atomic mass is 79.9. The van der Waals surface area contributed by atoms with E-state index in [9.17, 15) is 9.59 Å². The van der Waals surface area contributed by atoms with E-state index in [0.29, 0.717) is 18.1 Å². The number of likely N-dealkylation sites (N-methyl/N-ethyl adjacent to an activating group) is 1. The number of hydrogen-bond acceptors (Lipinski definition) is 2. The monoisotopic (exact) mass is 436 g/mol. The lowest BCUT2D eigenvalue weighted by atomic mass is 10.1. The molecular formula is C20H22BrClN2O2. The predicted molar refractivity (Wildman–Crippen MR) is 108 cm³/mol. The molecule has 2 amide bonds. The van der Waals surface area contributed by atoms with Crippen LogP contribution >= 0.6 is 27.5 Å². The van der Waals surface area contributed by atoms with Crippen LogP contribution in [-0.2, 0) is 22.6 Å². The molecule has 0 fully saturated rings. The SMILES string of the molecule is CCNC(=O)C(C)N(Cc1ccc(Br)cc1)C(=O)Cc1cccc(Cl)c1. The van der Waals surface area contributed by atoms with Gasteiger partial charge in [-0.2, -0.15) is 0 Å². The first kappa shape index (κ1) is 20.5. The number of rotatable bonds is 7. The number of carbonyl (C=O) groups excluding carboxylic acids is 2. The summed E-state index contributed by atoms with van der Waals surface area (Å²) in [5.41, 5.74) is 1.79. The van der Waals surface area contributed by atoms with E-state index in [4.69, 9.17) is 11.6 Å². The van der Waals surface area contributed by atoms with Gasteiger partial charge in [-0.3, -0.25) is 9.59 Å². The van der Waals surface area contributed by atoms with Gasteiger partial charge in [-0.25, -0.2) is 0 Å². The highest BCUT2D eigenvalue weighted by Crippen LogP contribution is 2.17. The van der Waals surface area contributed by atoms with Crippen molar-refractivity contribution in [1.82, 2.24) is 10.2 Å². The van der Waals surface area contributed by atoms with E-state index in [2.05, 4.69) is 21.2 Å². The molecule has 1 unspecified atom stereocenters. The topological polar surface area (TPSA) is 49.4 Å².